The van der Waals surface area contributed by atoms with Crippen LogP contribution in [0.1, 0.15) is 46.5 Å². The molecule has 0 saturated heterocycles. The molecule has 1 aliphatic carbocycles. The van der Waals surface area contributed by atoms with E-state index in [1.165, 1.54) is 0 Å². The smallest absolute Gasteiger partial charge is 0.407 e. The molecule has 0 heterocycles. The van der Waals surface area contributed by atoms with E-state index in [-0.39, 0.29) is 12.0 Å². The Balaban J connectivity index is 2.27. The quantitative estimate of drug-likeness (QED) is 0.682. The molecule has 6 heteroatoms. The van der Waals surface area contributed by atoms with Crippen LogP contribution in [-0.4, -0.2) is 36.7 Å². The van der Waals surface area contributed by atoms with E-state index in [4.69, 9.17) is 10.5 Å². The second-order valence-corrected chi connectivity index (χ2v) is 6.35. The Labute approximate surface area is 120 Å². The first-order valence-electron chi connectivity index (χ1n) is 7.26. The average Bonchev–Trinajstić information content (AvgIpc) is 2.71. The van der Waals surface area contributed by atoms with Crippen LogP contribution in [0.3, 0.4) is 0 Å². The van der Waals surface area contributed by atoms with Gasteiger partial charge in [0.15, 0.2) is 0 Å². The zero-order valence-electron chi connectivity index (χ0n) is 12.7. The van der Waals surface area contributed by atoms with E-state index in [2.05, 4.69) is 10.6 Å². The summed E-state index contributed by atoms with van der Waals surface area (Å²) in [6.45, 7) is 6.73. The fourth-order valence-electron chi connectivity index (χ4n) is 2.46. The molecule has 2 atom stereocenters. The van der Waals surface area contributed by atoms with Crippen LogP contribution in [0.5, 0.6) is 0 Å². The summed E-state index contributed by atoms with van der Waals surface area (Å²) in [5.41, 5.74) is 4.64. The third kappa shape index (κ3) is 6.75. The zero-order valence-corrected chi connectivity index (χ0v) is 12.7. The number of rotatable bonds is 6. The van der Waals surface area contributed by atoms with E-state index in [9.17, 15) is 9.59 Å². The summed E-state index contributed by atoms with van der Waals surface area (Å²) in [6, 6.07) is 0.337. The van der Waals surface area contributed by atoms with E-state index in [1.807, 2.05) is 20.8 Å². The lowest BCUT2D eigenvalue weighted by atomic mass is 10.0. The molecule has 1 saturated carbocycles. The van der Waals surface area contributed by atoms with Gasteiger partial charge in [0.2, 0.25) is 5.91 Å². The average molecular weight is 285 g/mol. The van der Waals surface area contributed by atoms with E-state index >= 15 is 0 Å². The third-order valence-corrected chi connectivity index (χ3v) is 3.34. The number of carbonyl (C=O) groups excluding carboxylic acids is 2. The van der Waals surface area contributed by atoms with E-state index in [0.717, 1.165) is 19.3 Å². The number of hydrogen-bond donors (Lipinski definition) is 3. The zero-order chi connectivity index (χ0) is 15.2. The van der Waals surface area contributed by atoms with Crippen LogP contribution in [-0.2, 0) is 9.53 Å². The van der Waals surface area contributed by atoms with Crippen LogP contribution in [0.4, 0.5) is 4.79 Å². The van der Waals surface area contributed by atoms with Gasteiger partial charge in [-0.2, -0.15) is 0 Å². The molecule has 2 unspecified atom stereocenters. The molecule has 6 nitrogen and oxygen atoms in total. The molecular weight excluding hydrogens is 258 g/mol. The maximum Gasteiger partial charge on any atom is 0.407 e. The van der Waals surface area contributed by atoms with Crippen molar-refractivity contribution in [1.82, 2.24) is 10.6 Å². The van der Waals surface area contributed by atoms with Gasteiger partial charge in [-0.25, -0.2) is 4.79 Å². The lowest BCUT2D eigenvalue weighted by Gasteiger charge is -2.23. The van der Waals surface area contributed by atoms with Crippen molar-refractivity contribution >= 4 is 12.0 Å². The summed E-state index contributed by atoms with van der Waals surface area (Å²) < 4.78 is 5.21. The van der Waals surface area contributed by atoms with Gasteiger partial charge in [0.1, 0.15) is 5.60 Å². The van der Waals surface area contributed by atoms with Gasteiger partial charge >= 0.3 is 6.09 Å². The highest BCUT2D eigenvalue weighted by Gasteiger charge is 2.27. The maximum absolute atomic E-state index is 11.6. The lowest BCUT2D eigenvalue weighted by molar-refractivity contribution is -0.117. The predicted molar refractivity (Wildman–Crippen MR) is 77.2 cm³/mol. The largest absolute Gasteiger partial charge is 0.444 e. The van der Waals surface area contributed by atoms with Crippen molar-refractivity contribution in [3.8, 4) is 0 Å². The predicted octanol–water partition coefficient (Wildman–Crippen LogP) is 1.14. The van der Waals surface area contributed by atoms with Crippen molar-refractivity contribution < 1.29 is 14.3 Å². The molecular formula is C14H27N3O3. The monoisotopic (exact) mass is 285 g/mol. The maximum atomic E-state index is 11.6. The Morgan fingerprint density at radius 3 is 2.60 bits per heavy atom. The summed E-state index contributed by atoms with van der Waals surface area (Å²) >= 11 is 0. The van der Waals surface area contributed by atoms with Gasteiger partial charge in [-0.05, 0) is 39.5 Å². The number of ether oxygens (including phenoxy) is 1. The third-order valence-electron chi connectivity index (χ3n) is 3.34. The molecule has 0 aromatic rings. The Kier molecular flexibility index (Phi) is 6.26. The summed E-state index contributed by atoms with van der Waals surface area (Å²) in [7, 11) is 0. The number of hydrogen-bond acceptors (Lipinski definition) is 4. The highest BCUT2D eigenvalue weighted by Crippen LogP contribution is 2.25. The minimum absolute atomic E-state index is 0.293. The van der Waals surface area contributed by atoms with Crippen LogP contribution in [0, 0.1) is 5.92 Å². The molecule has 0 spiro atoms. The van der Waals surface area contributed by atoms with E-state index in [0.29, 0.717) is 31.5 Å². The summed E-state index contributed by atoms with van der Waals surface area (Å²) in [6.07, 6.45) is 3.25. The van der Waals surface area contributed by atoms with Crippen molar-refractivity contribution in [3.05, 3.63) is 0 Å². The fraction of sp³-hybridized carbons (Fsp3) is 0.857. The normalized spacial score (nSPS) is 22.6. The molecule has 1 aliphatic rings. The van der Waals surface area contributed by atoms with Gasteiger partial charge in [0, 0.05) is 25.6 Å². The van der Waals surface area contributed by atoms with Gasteiger partial charge in [-0.15, -0.1) is 0 Å². The molecule has 2 amide bonds. The lowest BCUT2D eigenvalue weighted by Crippen LogP contribution is -2.41. The number of alkyl carbamates (subject to hydrolysis) is 1. The number of nitrogens with one attached hydrogen (secondary N) is 2. The van der Waals surface area contributed by atoms with Crippen LogP contribution in [0.2, 0.25) is 0 Å². The summed E-state index contributed by atoms with van der Waals surface area (Å²) in [5.74, 6) is 0.0920. The standard InChI is InChI=1S/C14H27N3O3/c1-14(2,3)20-13(19)17-9-10-5-4-6-11(10)16-8-7-12(15)18/h10-11,16H,4-9H2,1-3H3,(H2,15,18)(H,17,19). The van der Waals surface area contributed by atoms with Crippen molar-refractivity contribution in [1.29, 1.82) is 0 Å². The Hall–Kier alpha value is -1.30. The van der Waals surface area contributed by atoms with Gasteiger partial charge in [0.25, 0.3) is 0 Å². The first kappa shape index (κ1) is 16.8. The summed E-state index contributed by atoms with van der Waals surface area (Å²) in [4.78, 5) is 22.3. The van der Waals surface area contributed by atoms with Crippen molar-refractivity contribution in [3.63, 3.8) is 0 Å². The Morgan fingerprint density at radius 1 is 1.30 bits per heavy atom. The van der Waals surface area contributed by atoms with Crippen LogP contribution >= 0.6 is 0 Å². The molecule has 1 fully saturated rings. The Morgan fingerprint density at radius 2 is 2.00 bits per heavy atom. The minimum atomic E-state index is -0.473. The highest BCUT2D eigenvalue weighted by atomic mass is 16.6. The number of carbonyl (C=O) groups is 2. The second-order valence-electron chi connectivity index (χ2n) is 6.35. The molecule has 4 N–H and O–H groups in total. The molecule has 0 radical (unpaired) electrons. The number of primary amides is 1. The second kappa shape index (κ2) is 7.47. The van der Waals surface area contributed by atoms with E-state index in [1.54, 1.807) is 0 Å². The SMILES string of the molecule is CC(C)(C)OC(=O)NCC1CCCC1NCCC(N)=O. The molecule has 0 aliphatic heterocycles. The van der Waals surface area contributed by atoms with Gasteiger partial charge < -0.3 is 21.1 Å². The topological polar surface area (TPSA) is 93.4 Å². The number of nitrogens with two attached hydrogens (primary N) is 1. The first-order chi connectivity index (χ1) is 9.28. The molecule has 0 bridgehead atoms. The van der Waals surface area contributed by atoms with Gasteiger partial charge in [-0.3, -0.25) is 4.79 Å². The van der Waals surface area contributed by atoms with Gasteiger partial charge in [0.05, 0.1) is 0 Å². The van der Waals surface area contributed by atoms with E-state index < -0.39 is 5.60 Å². The highest BCUT2D eigenvalue weighted by molar-refractivity contribution is 5.73. The molecule has 116 valence electrons. The van der Waals surface area contributed by atoms with Crippen molar-refractivity contribution in [2.45, 2.75) is 58.1 Å². The molecule has 0 aromatic carbocycles. The van der Waals surface area contributed by atoms with Crippen LogP contribution in [0.15, 0.2) is 0 Å². The van der Waals surface area contributed by atoms with Crippen LogP contribution < -0.4 is 16.4 Å². The minimum Gasteiger partial charge on any atom is -0.444 e. The van der Waals surface area contributed by atoms with Crippen molar-refractivity contribution in [2.75, 3.05) is 13.1 Å². The van der Waals surface area contributed by atoms with Crippen molar-refractivity contribution in [2.24, 2.45) is 11.7 Å². The fourth-order valence-corrected chi connectivity index (χ4v) is 2.46. The molecule has 20 heavy (non-hydrogen) atoms. The Bertz CT molecular complexity index is 339. The van der Waals surface area contributed by atoms with Gasteiger partial charge in [-0.1, -0.05) is 6.42 Å². The van der Waals surface area contributed by atoms with Crippen LogP contribution in [0.25, 0.3) is 0 Å². The molecule has 0 aromatic heterocycles. The molecule has 1 rings (SSSR count). The summed E-state index contributed by atoms with van der Waals surface area (Å²) in [5, 5.41) is 6.16. The first-order valence-corrected chi connectivity index (χ1v) is 7.26. The number of amides is 2.